The minimum Gasteiger partial charge on any atom is -0.465 e. The zero-order valence-electron chi connectivity index (χ0n) is 14.6. The number of nitrogens with one attached hydrogen (secondary N) is 1. The van der Waals surface area contributed by atoms with E-state index in [0.29, 0.717) is 25.0 Å². The molecule has 0 aromatic rings. The van der Waals surface area contributed by atoms with Gasteiger partial charge >= 0.3 is 5.97 Å². The Bertz CT molecular complexity index is 322. The Morgan fingerprint density at radius 3 is 2.29 bits per heavy atom. The van der Waals surface area contributed by atoms with Gasteiger partial charge in [0.1, 0.15) is 5.54 Å². The van der Waals surface area contributed by atoms with Crippen molar-refractivity contribution in [1.29, 1.82) is 0 Å². The molecule has 0 aliphatic heterocycles. The first-order chi connectivity index (χ1) is 9.76. The van der Waals surface area contributed by atoms with Crippen molar-refractivity contribution >= 4 is 5.97 Å². The Hall–Kier alpha value is -0.610. The van der Waals surface area contributed by atoms with E-state index in [2.05, 4.69) is 19.2 Å². The molecule has 1 saturated carbocycles. The second-order valence-electron chi connectivity index (χ2n) is 7.20. The van der Waals surface area contributed by atoms with Gasteiger partial charge in [0.25, 0.3) is 0 Å². The van der Waals surface area contributed by atoms with E-state index in [1.54, 1.807) is 0 Å². The van der Waals surface area contributed by atoms with Crippen LogP contribution >= 0.6 is 0 Å². The van der Waals surface area contributed by atoms with Crippen LogP contribution in [0.4, 0.5) is 0 Å². The minimum atomic E-state index is -0.770. The van der Waals surface area contributed by atoms with E-state index in [4.69, 9.17) is 9.47 Å². The highest BCUT2D eigenvalue weighted by atomic mass is 16.5. The zero-order valence-corrected chi connectivity index (χ0v) is 14.6. The average molecular weight is 299 g/mol. The predicted molar refractivity (Wildman–Crippen MR) is 85.2 cm³/mol. The molecular weight excluding hydrogens is 266 g/mol. The Morgan fingerprint density at radius 2 is 1.81 bits per heavy atom. The molecule has 3 unspecified atom stereocenters. The molecule has 1 aliphatic rings. The molecule has 0 heterocycles. The van der Waals surface area contributed by atoms with Crippen LogP contribution in [0.5, 0.6) is 0 Å². The molecule has 1 aliphatic carbocycles. The Morgan fingerprint density at radius 1 is 1.24 bits per heavy atom. The zero-order chi connectivity index (χ0) is 16.0. The highest BCUT2D eigenvalue weighted by molar-refractivity contribution is 5.80. The minimum absolute atomic E-state index is 0.201. The molecule has 0 saturated heterocycles. The Labute approximate surface area is 130 Å². The largest absolute Gasteiger partial charge is 0.465 e. The van der Waals surface area contributed by atoms with Crippen molar-refractivity contribution < 1.29 is 14.3 Å². The first-order valence-corrected chi connectivity index (χ1v) is 8.33. The van der Waals surface area contributed by atoms with E-state index in [1.807, 2.05) is 27.7 Å². The molecule has 0 bridgehead atoms. The molecule has 0 amide bonds. The van der Waals surface area contributed by atoms with Gasteiger partial charge in [0.05, 0.1) is 19.3 Å². The molecule has 0 aromatic carbocycles. The van der Waals surface area contributed by atoms with Crippen molar-refractivity contribution in [2.24, 2.45) is 11.8 Å². The van der Waals surface area contributed by atoms with Crippen molar-refractivity contribution in [2.75, 3.05) is 13.2 Å². The molecule has 1 rings (SSSR count). The molecule has 0 aromatic heterocycles. The number of rotatable bonds is 7. The van der Waals surface area contributed by atoms with Crippen LogP contribution in [0.2, 0.25) is 0 Å². The monoisotopic (exact) mass is 299 g/mol. The lowest BCUT2D eigenvalue weighted by Gasteiger charge is -2.35. The van der Waals surface area contributed by atoms with Crippen LogP contribution in [-0.4, -0.2) is 36.9 Å². The number of hydrogen-bond acceptors (Lipinski definition) is 4. The lowest BCUT2D eigenvalue weighted by atomic mass is 9.81. The first-order valence-electron chi connectivity index (χ1n) is 8.33. The van der Waals surface area contributed by atoms with Gasteiger partial charge in [0.2, 0.25) is 0 Å². The summed E-state index contributed by atoms with van der Waals surface area (Å²) >= 11 is 0. The molecule has 0 spiro atoms. The summed E-state index contributed by atoms with van der Waals surface area (Å²) in [6, 6.07) is 0.201. The number of esters is 1. The van der Waals surface area contributed by atoms with Crippen LogP contribution in [0.1, 0.15) is 60.8 Å². The topological polar surface area (TPSA) is 47.6 Å². The van der Waals surface area contributed by atoms with Crippen LogP contribution in [0.25, 0.3) is 0 Å². The molecule has 1 N–H and O–H groups in total. The summed E-state index contributed by atoms with van der Waals surface area (Å²) in [6.07, 6.45) is 3.71. The van der Waals surface area contributed by atoms with E-state index < -0.39 is 5.54 Å². The van der Waals surface area contributed by atoms with Gasteiger partial charge in [-0.25, -0.2) is 4.79 Å². The molecule has 21 heavy (non-hydrogen) atoms. The van der Waals surface area contributed by atoms with Crippen molar-refractivity contribution in [3.63, 3.8) is 0 Å². The van der Waals surface area contributed by atoms with Crippen LogP contribution < -0.4 is 5.32 Å². The quantitative estimate of drug-likeness (QED) is 0.734. The van der Waals surface area contributed by atoms with Gasteiger partial charge < -0.3 is 9.47 Å². The summed E-state index contributed by atoms with van der Waals surface area (Å²) < 4.78 is 11.3. The van der Waals surface area contributed by atoms with Crippen LogP contribution in [0.3, 0.4) is 0 Å². The lowest BCUT2D eigenvalue weighted by molar-refractivity contribution is -0.155. The maximum Gasteiger partial charge on any atom is 0.328 e. The number of carbonyl (C=O) groups is 1. The highest BCUT2D eigenvalue weighted by Gasteiger charge is 2.37. The first kappa shape index (κ1) is 18.4. The standard InChI is InChI=1S/C17H33NO3/c1-7-20-16(19)17(6,18-12(2)3)11-21-15-9-13(4)8-14(5)10-15/h12-15,18H,7-11H2,1-6H3. The normalized spacial score (nSPS) is 29.2. The third-order valence-corrected chi connectivity index (χ3v) is 4.08. The molecular formula is C17H33NO3. The van der Waals surface area contributed by atoms with Gasteiger partial charge in [0.15, 0.2) is 0 Å². The fraction of sp³-hybridized carbons (Fsp3) is 0.941. The van der Waals surface area contributed by atoms with E-state index in [0.717, 1.165) is 12.8 Å². The summed E-state index contributed by atoms with van der Waals surface area (Å²) in [5, 5.41) is 3.30. The highest BCUT2D eigenvalue weighted by Crippen LogP contribution is 2.30. The van der Waals surface area contributed by atoms with Crippen molar-refractivity contribution in [2.45, 2.75) is 78.5 Å². The third-order valence-electron chi connectivity index (χ3n) is 4.08. The SMILES string of the molecule is CCOC(=O)C(C)(COC1CC(C)CC(C)C1)NC(C)C. The second-order valence-corrected chi connectivity index (χ2v) is 7.20. The van der Waals surface area contributed by atoms with Crippen molar-refractivity contribution in [3.8, 4) is 0 Å². The molecule has 4 nitrogen and oxygen atoms in total. The second kappa shape index (κ2) is 8.14. The Kier molecular flexibility index (Phi) is 7.14. The van der Waals surface area contributed by atoms with Crippen molar-refractivity contribution in [3.05, 3.63) is 0 Å². The molecule has 0 radical (unpaired) electrons. The van der Waals surface area contributed by atoms with Gasteiger partial charge in [-0.3, -0.25) is 5.32 Å². The fourth-order valence-electron chi connectivity index (χ4n) is 3.38. The van der Waals surface area contributed by atoms with E-state index in [-0.39, 0.29) is 18.1 Å². The summed E-state index contributed by atoms with van der Waals surface area (Å²) in [5.74, 6) is 1.17. The van der Waals surface area contributed by atoms with E-state index in [1.165, 1.54) is 6.42 Å². The maximum absolute atomic E-state index is 12.2. The summed E-state index contributed by atoms with van der Waals surface area (Å²) in [5.41, 5.74) is -0.770. The van der Waals surface area contributed by atoms with E-state index >= 15 is 0 Å². The smallest absolute Gasteiger partial charge is 0.328 e. The van der Waals surface area contributed by atoms with Crippen LogP contribution in [-0.2, 0) is 14.3 Å². The van der Waals surface area contributed by atoms with Gasteiger partial charge in [-0.05, 0) is 58.8 Å². The Balaban J connectivity index is 2.62. The summed E-state index contributed by atoms with van der Waals surface area (Å²) in [7, 11) is 0. The number of carbonyl (C=O) groups excluding carboxylic acids is 1. The van der Waals surface area contributed by atoms with Gasteiger partial charge in [-0.1, -0.05) is 13.8 Å². The molecule has 124 valence electrons. The van der Waals surface area contributed by atoms with Gasteiger partial charge in [0, 0.05) is 6.04 Å². The third kappa shape index (κ3) is 5.95. The van der Waals surface area contributed by atoms with Crippen LogP contribution in [0, 0.1) is 11.8 Å². The van der Waals surface area contributed by atoms with Crippen LogP contribution in [0.15, 0.2) is 0 Å². The summed E-state index contributed by atoms with van der Waals surface area (Å²) in [4.78, 5) is 12.2. The number of hydrogen-bond donors (Lipinski definition) is 1. The lowest BCUT2D eigenvalue weighted by Crippen LogP contribution is -2.57. The molecule has 1 fully saturated rings. The van der Waals surface area contributed by atoms with Crippen molar-refractivity contribution in [1.82, 2.24) is 5.32 Å². The average Bonchev–Trinajstić information content (AvgIpc) is 2.35. The predicted octanol–water partition coefficient (Wildman–Crippen LogP) is 3.15. The number of ether oxygens (including phenoxy) is 2. The molecule has 4 heteroatoms. The van der Waals surface area contributed by atoms with Gasteiger partial charge in [-0.15, -0.1) is 0 Å². The fourth-order valence-corrected chi connectivity index (χ4v) is 3.38. The van der Waals surface area contributed by atoms with Gasteiger partial charge in [-0.2, -0.15) is 0 Å². The molecule has 3 atom stereocenters. The summed E-state index contributed by atoms with van der Waals surface area (Å²) in [6.45, 7) is 13.1. The maximum atomic E-state index is 12.2. The van der Waals surface area contributed by atoms with E-state index in [9.17, 15) is 4.79 Å².